The Balaban J connectivity index is 1.95. The highest BCUT2D eigenvalue weighted by Gasteiger charge is 2.04. The molecule has 0 amide bonds. The second-order valence-electron chi connectivity index (χ2n) is 3.62. The molecular formula is C11H13ClN4O. The minimum atomic E-state index is 0.0142. The van der Waals surface area contributed by atoms with Gasteiger partial charge in [0.05, 0.1) is 13.2 Å². The van der Waals surface area contributed by atoms with Gasteiger partial charge in [-0.2, -0.15) is 4.80 Å². The van der Waals surface area contributed by atoms with Gasteiger partial charge in [-0.3, -0.25) is 0 Å². The second-order valence-corrected chi connectivity index (χ2v) is 4.02. The number of aryl methyl sites for hydroxylation is 2. The molecule has 2 aromatic rings. The first kappa shape index (κ1) is 12.0. The molecule has 0 fully saturated rings. The first-order chi connectivity index (χ1) is 8.29. The molecule has 90 valence electrons. The number of aromatic nitrogens is 4. The Bertz CT molecular complexity index is 486. The summed E-state index contributed by atoms with van der Waals surface area (Å²) < 4.78 is 0. The van der Waals surface area contributed by atoms with Gasteiger partial charge in [0, 0.05) is 11.4 Å². The topological polar surface area (TPSA) is 63.8 Å². The number of nitrogens with zero attached hydrogens (tertiary/aromatic N) is 4. The predicted octanol–water partition coefficient (Wildman–Crippen LogP) is 1.10. The SMILES string of the molecule is OCCn1nnc(CCc2ccccc2Cl)n1. The zero-order valence-electron chi connectivity index (χ0n) is 9.25. The van der Waals surface area contributed by atoms with E-state index in [1.807, 2.05) is 24.3 Å². The lowest BCUT2D eigenvalue weighted by Crippen LogP contribution is -2.06. The molecule has 0 aliphatic heterocycles. The van der Waals surface area contributed by atoms with Crippen molar-refractivity contribution in [3.05, 3.63) is 40.7 Å². The van der Waals surface area contributed by atoms with E-state index in [-0.39, 0.29) is 6.61 Å². The molecule has 17 heavy (non-hydrogen) atoms. The van der Waals surface area contributed by atoms with Crippen molar-refractivity contribution in [2.24, 2.45) is 0 Å². The largest absolute Gasteiger partial charge is 0.394 e. The summed E-state index contributed by atoms with van der Waals surface area (Å²) in [5, 5.41) is 21.4. The van der Waals surface area contributed by atoms with Gasteiger partial charge < -0.3 is 5.11 Å². The van der Waals surface area contributed by atoms with Crippen LogP contribution < -0.4 is 0 Å². The van der Waals surface area contributed by atoms with Crippen LogP contribution in [0.4, 0.5) is 0 Å². The minimum absolute atomic E-state index is 0.0142. The van der Waals surface area contributed by atoms with E-state index in [4.69, 9.17) is 16.7 Å². The maximum atomic E-state index is 8.73. The fourth-order valence-corrected chi connectivity index (χ4v) is 1.74. The standard InChI is InChI=1S/C11H13ClN4O/c12-10-4-2-1-3-9(10)5-6-11-13-15-16(14-11)7-8-17/h1-4,17H,5-8H2. The van der Waals surface area contributed by atoms with Crippen LogP contribution in [0.3, 0.4) is 0 Å². The van der Waals surface area contributed by atoms with Gasteiger partial charge in [0.25, 0.3) is 0 Å². The van der Waals surface area contributed by atoms with Crippen molar-refractivity contribution in [3.8, 4) is 0 Å². The monoisotopic (exact) mass is 252 g/mol. The quantitative estimate of drug-likeness (QED) is 0.866. The molecule has 1 heterocycles. The van der Waals surface area contributed by atoms with Gasteiger partial charge in [0.1, 0.15) is 0 Å². The Morgan fingerprint density at radius 3 is 2.82 bits per heavy atom. The van der Waals surface area contributed by atoms with Crippen molar-refractivity contribution in [2.45, 2.75) is 19.4 Å². The number of rotatable bonds is 5. The molecule has 0 saturated carbocycles. The molecule has 0 spiro atoms. The van der Waals surface area contributed by atoms with E-state index < -0.39 is 0 Å². The van der Waals surface area contributed by atoms with Gasteiger partial charge in [-0.05, 0) is 23.3 Å². The van der Waals surface area contributed by atoms with Crippen LogP contribution in [-0.4, -0.2) is 31.9 Å². The van der Waals surface area contributed by atoms with Gasteiger partial charge in [0.2, 0.25) is 0 Å². The molecule has 0 radical (unpaired) electrons. The molecule has 6 heteroatoms. The molecular weight excluding hydrogens is 240 g/mol. The summed E-state index contributed by atoms with van der Waals surface area (Å²) in [4.78, 5) is 1.39. The van der Waals surface area contributed by atoms with Gasteiger partial charge in [-0.1, -0.05) is 29.8 Å². The van der Waals surface area contributed by atoms with Gasteiger partial charge >= 0.3 is 0 Å². The molecule has 0 aliphatic carbocycles. The van der Waals surface area contributed by atoms with Crippen molar-refractivity contribution in [1.82, 2.24) is 20.2 Å². The van der Waals surface area contributed by atoms with E-state index in [1.54, 1.807) is 0 Å². The van der Waals surface area contributed by atoms with Gasteiger partial charge in [0.15, 0.2) is 5.82 Å². The number of benzene rings is 1. The van der Waals surface area contributed by atoms with Gasteiger partial charge in [-0.15, -0.1) is 10.2 Å². The Morgan fingerprint density at radius 2 is 2.06 bits per heavy atom. The fraction of sp³-hybridized carbons (Fsp3) is 0.364. The number of hydrogen-bond acceptors (Lipinski definition) is 4. The van der Waals surface area contributed by atoms with Crippen LogP contribution >= 0.6 is 11.6 Å². The number of halogens is 1. The average Bonchev–Trinajstić information content (AvgIpc) is 2.76. The second kappa shape index (κ2) is 5.75. The van der Waals surface area contributed by atoms with E-state index in [9.17, 15) is 0 Å². The van der Waals surface area contributed by atoms with Crippen molar-refractivity contribution in [1.29, 1.82) is 0 Å². The Hall–Kier alpha value is -1.46. The summed E-state index contributed by atoms with van der Waals surface area (Å²) in [6, 6.07) is 7.71. The third kappa shape index (κ3) is 3.25. The molecule has 0 bridgehead atoms. The normalized spacial score (nSPS) is 10.7. The number of aliphatic hydroxyl groups is 1. The maximum Gasteiger partial charge on any atom is 0.175 e. The van der Waals surface area contributed by atoms with Crippen LogP contribution in [0.25, 0.3) is 0 Å². The molecule has 0 unspecified atom stereocenters. The molecule has 1 aromatic heterocycles. The molecule has 0 atom stereocenters. The zero-order chi connectivity index (χ0) is 12.1. The summed E-state index contributed by atoms with van der Waals surface area (Å²) in [6.45, 7) is 0.388. The zero-order valence-corrected chi connectivity index (χ0v) is 10.0. The Kier molecular flexibility index (Phi) is 4.06. The fourth-order valence-electron chi connectivity index (χ4n) is 1.51. The summed E-state index contributed by atoms with van der Waals surface area (Å²) in [5.74, 6) is 0.665. The van der Waals surface area contributed by atoms with Crippen LogP contribution in [-0.2, 0) is 19.4 Å². The van der Waals surface area contributed by atoms with E-state index >= 15 is 0 Å². The molecule has 1 N–H and O–H groups in total. The number of hydrogen-bond donors (Lipinski definition) is 1. The number of aliphatic hydroxyl groups excluding tert-OH is 1. The first-order valence-corrected chi connectivity index (χ1v) is 5.78. The van der Waals surface area contributed by atoms with Crippen molar-refractivity contribution in [3.63, 3.8) is 0 Å². The van der Waals surface area contributed by atoms with Crippen LogP contribution in [0.2, 0.25) is 5.02 Å². The number of tetrazole rings is 1. The Morgan fingerprint density at radius 1 is 1.24 bits per heavy atom. The smallest absolute Gasteiger partial charge is 0.175 e. The highest BCUT2D eigenvalue weighted by molar-refractivity contribution is 6.31. The van der Waals surface area contributed by atoms with Crippen LogP contribution in [0.15, 0.2) is 24.3 Å². The molecule has 0 saturated heterocycles. The maximum absolute atomic E-state index is 8.73. The van der Waals surface area contributed by atoms with Crippen molar-refractivity contribution in [2.75, 3.05) is 6.61 Å². The van der Waals surface area contributed by atoms with Crippen LogP contribution in [0.1, 0.15) is 11.4 Å². The highest BCUT2D eigenvalue weighted by atomic mass is 35.5. The average molecular weight is 253 g/mol. The molecule has 5 nitrogen and oxygen atoms in total. The summed E-state index contributed by atoms with van der Waals surface area (Å²) in [6.07, 6.45) is 1.47. The minimum Gasteiger partial charge on any atom is -0.394 e. The van der Waals surface area contributed by atoms with E-state index in [1.165, 1.54) is 4.80 Å². The molecule has 2 rings (SSSR count). The van der Waals surface area contributed by atoms with Crippen LogP contribution in [0, 0.1) is 0 Å². The lowest BCUT2D eigenvalue weighted by molar-refractivity contribution is 0.259. The highest BCUT2D eigenvalue weighted by Crippen LogP contribution is 2.16. The Labute approximate surface area is 104 Å². The van der Waals surface area contributed by atoms with E-state index in [0.29, 0.717) is 18.8 Å². The van der Waals surface area contributed by atoms with Crippen molar-refractivity contribution < 1.29 is 5.11 Å². The first-order valence-electron chi connectivity index (χ1n) is 5.40. The molecule has 1 aromatic carbocycles. The third-order valence-electron chi connectivity index (χ3n) is 2.37. The lowest BCUT2D eigenvalue weighted by Gasteiger charge is -2.00. The lowest BCUT2D eigenvalue weighted by atomic mass is 10.1. The van der Waals surface area contributed by atoms with Crippen molar-refractivity contribution >= 4 is 11.6 Å². The summed E-state index contributed by atoms with van der Waals surface area (Å²) in [5.41, 5.74) is 1.08. The van der Waals surface area contributed by atoms with E-state index in [0.717, 1.165) is 17.0 Å². The third-order valence-corrected chi connectivity index (χ3v) is 2.74. The van der Waals surface area contributed by atoms with Gasteiger partial charge in [-0.25, -0.2) is 0 Å². The summed E-state index contributed by atoms with van der Waals surface area (Å²) >= 11 is 6.05. The molecule has 0 aliphatic rings. The summed E-state index contributed by atoms with van der Waals surface area (Å²) in [7, 11) is 0. The predicted molar refractivity (Wildman–Crippen MR) is 63.8 cm³/mol. The van der Waals surface area contributed by atoms with Crippen LogP contribution in [0.5, 0.6) is 0 Å². The van der Waals surface area contributed by atoms with E-state index in [2.05, 4.69) is 15.4 Å².